The Morgan fingerprint density at radius 3 is 2.30 bits per heavy atom. The van der Waals surface area contributed by atoms with E-state index < -0.39 is 0 Å². The maximum Gasteiger partial charge on any atom is 0.0476 e. The second-order valence-electron chi connectivity index (χ2n) is 20.4. The lowest BCUT2D eigenvalue weighted by Crippen LogP contribution is -2.44. The second kappa shape index (κ2) is 15.5. The number of hydrogen-bond donors (Lipinski definition) is 0. The summed E-state index contributed by atoms with van der Waals surface area (Å²) in [4.78, 5) is 3.01. The van der Waals surface area contributed by atoms with Gasteiger partial charge in [0.25, 0.3) is 0 Å². The number of hydrogen-bond acceptors (Lipinski definition) is 1. The van der Waals surface area contributed by atoms with Crippen molar-refractivity contribution in [2.45, 2.75) is 153 Å². The van der Waals surface area contributed by atoms with Crippen molar-refractivity contribution in [2.24, 2.45) is 35.0 Å². The topological polar surface area (TPSA) is 3.24 Å². The largest absolute Gasteiger partial charge is 0.365 e. The van der Waals surface area contributed by atoms with Crippen LogP contribution in [-0.2, 0) is 5.41 Å². The van der Waals surface area contributed by atoms with Crippen LogP contribution >= 0.6 is 0 Å². The molecule has 0 bridgehead atoms. The SMILES string of the molecule is CC1(C2=CCC(C3C=CC=CC3)CC2)CC2C(c3ccccc31)C1CCC(N(C3=CC=C(C4=CCCCC4)CC3)C3CC=C(C4C=CC=CC4)CC3)C=C1C2(C)C. The third-order valence-electron chi connectivity index (χ3n) is 17.2. The first-order valence-corrected chi connectivity index (χ1v) is 23.6. The Balaban J connectivity index is 0.964. The van der Waals surface area contributed by atoms with Crippen LogP contribution in [0.5, 0.6) is 0 Å². The third kappa shape index (κ3) is 6.86. The molecule has 9 atom stereocenters. The van der Waals surface area contributed by atoms with E-state index in [1.165, 1.54) is 109 Å². The van der Waals surface area contributed by atoms with Gasteiger partial charge in [0.1, 0.15) is 0 Å². The molecule has 0 N–H and O–H groups in total. The van der Waals surface area contributed by atoms with Crippen LogP contribution in [0.4, 0.5) is 0 Å². The lowest BCUT2D eigenvalue weighted by Gasteiger charge is -2.48. The van der Waals surface area contributed by atoms with E-state index in [2.05, 4.69) is 135 Å². The van der Waals surface area contributed by atoms with Gasteiger partial charge in [-0.25, -0.2) is 0 Å². The molecule has 9 aliphatic rings. The van der Waals surface area contributed by atoms with Gasteiger partial charge in [-0.05, 0) is 173 Å². The lowest BCUT2D eigenvalue weighted by molar-refractivity contribution is 0.168. The maximum atomic E-state index is 3.01. The molecule has 0 aromatic heterocycles. The predicted octanol–water partition coefficient (Wildman–Crippen LogP) is 14.7. The van der Waals surface area contributed by atoms with E-state index in [1.807, 2.05) is 0 Å². The third-order valence-corrected chi connectivity index (χ3v) is 17.2. The zero-order chi connectivity index (χ0) is 38.6. The molecule has 0 saturated heterocycles. The summed E-state index contributed by atoms with van der Waals surface area (Å²) >= 11 is 0. The predicted molar refractivity (Wildman–Crippen MR) is 241 cm³/mol. The molecule has 1 heteroatoms. The first-order valence-electron chi connectivity index (χ1n) is 23.6. The smallest absolute Gasteiger partial charge is 0.0476 e. The molecule has 0 spiro atoms. The van der Waals surface area contributed by atoms with Gasteiger partial charge in [-0.1, -0.05) is 141 Å². The van der Waals surface area contributed by atoms with Crippen molar-refractivity contribution in [1.29, 1.82) is 0 Å². The first-order chi connectivity index (χ1) is 27.9. The van der Waals surface area contributed by atoms with Gasteiger partial charge in [-0.2, -0.15) is 0 Å². The van der Waals surface area contributed by atoms with Crippen molar-refractivity contribution in [1.82, 2.24) is 4.90 Å². The monoisotopic (exact) mass is 756 g/mol. The van der Waals surface area contributed by atoms with E-state index in [0.717, 1.165) is 11.8 Å². The zero-order valence-corrected chi connectivity index (χ0v) is 35.5. The molecule has 9 unspecified atom stereocenters. The van der Waals surface area contributed by atoms with Crippen LogP contribution in [0.15, 0.2) is 143 Å². The Labute approximate surface area is 345 Å². The molecule has 57 heavy (non-hydrogen) atoms. The van der Waals surface area contributed by atoms with Crippen molar-refractivity contribution < 1.29 is 0 Å². The van der Waals surface area contributed by atoms with E-state index in [1.54, 1.807) is 44.7 Å². The van der Waals surface area contributed by atoms with E-state index >= 15 is 0 Å². The normalized spacial score (nSPS) is 36.8. The fraction of sp³-hybridized carbons (Fsp3) is 0.536. The van der Waals surface area contributed by atoms with Crippen molar-refractivity contribution in [3.05, 3.63) is 154 Å². The van der Waals surface area contributed by atoms with Crippen molar-refractivity contribution in [2.75, 3.05) is 0 Å². The van der Waals surface area contributed by atoms with Gasteiger partial charge in [0.2, 0.25) is 0 Å². The minimum absolute atomic E-state index is 0.127. The summed E-state index contributed by atoms with van der Waals surface area (Å²) in [6.07, 6.45) is 56.2. The molecular weight excluding hydrogens is 687 g/mol. The molecule has 1 aromatic rings. The van der Waals surface area contributed by atoms with E-state index in [-0.39, 0.29) is 10.8 Å². The molecule has 298 valence electrons. The number of rotatable bonds is 7. The molecule has 0 heterocycles. The zero-order valence-electron chi connectivity index (χ0n) is 35.5. The highest BCUT2D eigenvalue weighted by Gasteiger charge is 2.58. The Hall–Kier alpha value is -3.58. The molecule has 10 rings (SSSR count). The molecule has 1 nitrogen and oxygen atoms in total. The highest BCUT2D eigenvalue weighted by Crippen LogP contribution is 2.68. The average Bonchev–Trinajstić information content (AvgIpc) is 3.50. The van der Waals surface area contributed by atoms with E-state index in [9.17, 15) is 0 Å². The second-order valence-corrected chi connectivity index (χ2v) is 20.4. The van der Waals surface area contributed by atoms with Crippen molar-refractivity contribution in [3.8, 4) is 0 Å². The van der Waals surface area contributed by atoms with Crippen LogP contribution in [0, 0.1) is 35.0 Å². The Morgan fingerprint density at radius 1 is 0.702 bits per heavy atom. The van der Waals surface area contributed by atoms with Gasteiger partial charge in [0, 0.05) is 29.1 Å². The van der Waals surface area contributed by atoms with Crippen LogP contribution in [0.25, 0.3) is 0 Å². The highest BCUT2D eigenvalue weighted by atomic mass is 15.2. The Bertz CT molecular complexity index is 2030. The summed E-state index contributed by atoms with van der Waals surface area (Å²) in [5, 5.41) is 0. The Kier molecular flexibility index (Phi) is 10.3. The van der Waals surface area contributed by atoms with Gasteiger partial charge in [0.15, 0.2) is 0 Å². The molecule has 1 fully saturated rings. The molecule has 1 saturated carbocycles. The molecule has 9 aliphatic carbocycles. The summed E-state index contributed by atoms with van der Waals surface area (Å²) in [6, 6.07) is 10.9. The molecule has 0 amide bonds. The van der Waals surface area contributed by atoms with Crippen LogP contribution in [0.1, 0.15) is 147 Å². The standard InChI is InChI=1S/C56H69N/c1-55(2)52-37-48(57(46-31-25-43(26-32-46)40-17-9-5-10-18-40)47-33-27-44(28-34-47)41-19-11-6-12-20-41)35-36-50(52)54-49-21-13-14-22-51(49)56(3,38-53(54)55)45-29-23-42(24-30-45)39-15-7-4-8-16-39/h4-5,7-10,13-15,17,19,21-22,25,27,29,33,37,39-40,42,46,48,50,53-54H,6,11-12,16,18,20,23-24,26,28,30-32,34-36,38H2,1-3H3. The van der Waals surface area contributed by atoms with Crippen LogP contribution in [0.2, 0.25) is 0 Å². The number of allylic oxidation sites excluding steroid dienone is 18. The summed E-state index contributed by atoms with van der Waals surface area (Å²) < 4.78 is 0. The summed E-state index contributed by atoms with van der Waals surface area (Å²) in [5.41, 5.74) is 13.8. The highest BCUT2D eigenvalue weighted by molar-refractivity contribution is 5.51. The number of fused-ring (bicyclic) bond motifs is 5. The Morgan fingerprint density at radius 2 is 1.58 bits per heavy atom. The van der Waals surface area contributed by atoms with Crippen LogP contribution < -0.4 is 0 Å². The van der Waals surface area contributed by atoms with Gasteiger partial charge < -0.3 is 4.90 Å². The summed E-state index contributed by atoms with van der Waals surface area (Å²) in [5.74, 6) is 4.10. The van der Waals surface area contributed by atoms with Gasteiger partial charge in [-0.3, -0.25) is 0 Å². The van der Waals surface area contributed by atoms with Crippen molar-refractivity contribution >= 4 is 0 Å². The summed E-state index contributed by atoms with van der Waals surface area (Å²) in [6.45, 7) is 7.99. The molecule has 0 aliphatic heterocycles. The fourth-order valence-electron chi connectivity index (χ4n) is 14.0. The van der Waals surface area contributed by atoms with Gasteiger partial charge in [-0.15, -0.1) is 0 Å². The maximum absolute atomic E-state index is 3.01. The van der Waals surface area contributed by atoms with Crippen LogP contribution in [-0.4, -0.2) is 17.0 Å². The minimum Gasteiger partial charge on any atom is -0.365 e. The van der Waals surface area contributed by atoms with Gasteiger partial charge in [0.05, 0.1) is 0 Å². The quantitative estimate of drug-likeness (QED) is 0.251. The first kappa shape index (κ1) is 37.7. The van der Waals surface area contributed by atoms with Crippen LogP contribution in [0.3, 0.4) is 0 Å². The van der Waals surface area contributed by atoms with E-state index in [4.69, 9.17) is 0 Å². The number of nitrogens with zero attached hydrogens (tertiary/aromatic N) is 1. The number of benzene rings is 1. The van der Waals surface area contributed by atoms with E-state index in [0.29, 0.717) is 35.8 Å². The fourth-order valence-corrected chi connectivity index (χ4v) is 14.0. The van der Waals surface area contributed by atoms with Crippen molar-refractivity contribution in [3.63, 3.8) is 0 Å². The lowest BCUT2D eigenvalue weighted by atomic mass is 9.55. The molecule has 0 radical (unpaired) electrons. The minimum atomic E-state index is 0.127. The summed E-state index contributed by atoms with van der Waals surface area (Å²) in [7, 11) is 0. The molecule has 1 aromatic carbocycles. The van der Waals surface area contributed by atoms with Gasteiger partial charge >= 0.3 is 0 Å². The average molecular weight is 756 g/mol. The molecular formula is C56H69N.